The van der Waals surface area contributed by atoms with E-state index in [2.05, 4.69) is 16.4 Å². The Bertz CT molecular complexity index is 1410. The van der Waals surface area contributed by atoms with E-state index in [1.807, 2.05) is 44.4 Å². The summed E-state index contributed by atoms with van der Waals surface area (Å²) in [6, 6.07) is 14.6. The minimum absolute atomic E-state index is 0.0235. The summed E-state index contributed by atoms with van der Waals surface area (Å²) in [5, 5.41) is 12.4. The van der Waals surface area contributed by atoms with Crippen molar-refractivity contribution in [1.29, 1.82) is 5.26 Å². The van der Waals surface area contributed by atoms with Crippen LogP contribution in [0.5, 0.6) is 0 Å². The number of hydrogen-bond donors (Lipinski definition) is 2. The van der Waals surface area contributed by atoms with E-state index in [4.69, 9.17) is 23.2 Å². The van der Waals surface area contributed by atoms with Crippen molar-refractivity contribution in [3.05, 3.63) is 89.0 Å². The van der Waals surface area contributed by atoms with Crippen LogP contribution in [0, 0.1) is 29.1 Å². The molecule has 3 rings (SSSR count). The van der Waals surface area contributed by atoms with Gasteiger partial charge in [-0.2, -0.15) is 18.4 Å². The summed E-state index contributed by atoms with van der Waals surface area (Å²) in [5.74, 6) is -0.549. The molecule has 1 heterocycles. The van der Waals surface area contributed by atoms with E-state index < -0.39 is 23.8 Å². The Morgan fingerprint density at radius 1 is 1.12 bits per heavy atom. The number of nitriles is 1. The van der Waals surface area contributed by atoms with Crippen LogP contribution in [-0.4, -0.2) is 38.1 Å². The molecule has 3 N–H and O–H groups in total. The lowest BCUT2D eigenvalue weighted by Crippen LogP contribution is -2.55. The predicted octanol–water partition coefficient (Wildman–Crippen LogP) is 5.91. The number of rotatable bonds is 13. The molecule has 3 aromatic rings. The van der Waals surface area contributed by atoms with Gasteiger partial charge in [-0.25, -0.2) is 4.98 Å². The van der Waals surface area contributed by atoms with Crippen LogP contribution in [0.2, 0.25) is 0 Å². The maximum atomic E-state index is 13.9. The van der Waals surface area contributed by atoms with Crippen molar-refractivity contribution in [2.75, 3.05) is 6.54 Å². The van der Waals surface area contributed by atoms with Crippen molar-refractivity contribution >= 4 is 23.1 Å². The highest BCUT2D eigenvalue weighted by Gasteiger charge is 2.36. The average molecular weight is 613 g/mol. The second-order valence-electron chi connectivity index (χ2n) is 11.6. The summed E-state index contributed by atoms with van der Waals surface area (Å²) < 4.78 is 43.5. The van der Waals surface area contributed by atoms with Crippen molar-refractivity contribution < 1.29 is 18.0 Å². The molecule has 7 nitrogen and oxygen atoms in total. The lowest BCUT2D eigenvalue weighted by Gasteiger charge is -2.37. The summed E-state index contributed by atoms with van der Waals surface area (Å²) in [7, 11) is 0. The van der Waals surface area contributed by atoms with Gasteiger partial charge in [-0.05, 0) is 59.8 Å². The number of nitrogens with zero attached hydrogens (tertiary/aromatic N) is 4. The summed E-state index contributed by atoms with van der Waals surface area (Å²) in [5.41, 5.74) is 8.23. The fraction of sp³-hybridized carbons (Fsp3) is 0.438. The number of carbonyl (C=O) groups is 1. The normalized spacial score (nSPS) is 13.0. The minimum Gasteiger partial charge on any atom is -0.362 e. The van der Waals surface area contributed by atoms with Gasteiger partial charge in [0.25, 0.3) is 0 Å². The summed E-state index contributed by atoms with van der Waals surface area (Å²) in [6.07, 6.45) is -1.79. The first kappa shape index (κ1) is 33.7. The summed E-state index contributed by atoms with van der Waals surface area (Å²) in [6.45, 7) is 8.68. The minimum atomic E-state index is -4.56. The average Bonchev–Trinajstić information content (AvgIpc) is 3.38. The zero-order chi connectivity index (χ0) is 31.7. The number of hydrogen-bond acceptors (Lipinski definition) is 5. The first-order chi connectivity index (χ1) is 20.3. The van der Waals surface area contributed by atoms with E-state index in [0.717, 1.165) is 11.6 Å². The number of aromatic nitrogens is 2. The first-order valence-corrected chi connectivity index (χ1v) is 14.7. The molecule has 2 atom stereocenters. The monoisotopic (exact) mass is 612 g/mol. The number of imidazole rings is 1. The van der Waals surface area contributed by atoms with Gasteiger partial charge < -0.3 is 20.5 Å². The van der Waals surface area contributed by atoms with Crippen LogP contribution in [0.4, 0.5) is 13.2 Å². The molecular weight excluding hydrogens is 573 g/mol. The molecule has 0 spiro atoms. The highest BCUT2D eigenvalue weighted by Crippen LogP contribution is 2.33. The number of thiocarbonyl (C=S) groups is 1. The van der Waals surface area contributed by atoms with Crippen molar-refractivity contribution in [1.82, 2.24) is 19.8 Å². The molecule has 0 saturated heterocycles. The Kier molecular flexibility index (Phi) is 11.9. The predicted molar refractivity (Wildman–Crippen MR) is 165 cm³/mol. The number of nitrogens with two attached hydrogens (primary N) is 1. The third-order valence-electron chi connectivity index (χ3n) is 7.09. The summed E-state index contributed by atoms with van der Waals surface area (Å²) in [4.78, 5) is 19.7. The van der Waals surface area contributed by atoms with Gasteiger partial charge in [0.15, 0.2) is 5.11 Å². The van der Waals surface area contributed by atoms with Crippen LogP contribution in [0.3, 0.4) is 0 Å². The van der Waals surface area contributed by atoms with Crippen molar-refractivity contribution in [3.8, 4) is 6.07 Å². The highest BCUT2D eigenvalue weighted by molar-refractivity contribution is 7.80. The van der Waals surface area contributed by atoms with E-state index in [1.54, 1.807) is 30.7 Å². The molecule has 0 aliphatic rings. The zero-order valence-corrected chi connectivity index (χ0v) is 25.8. The number of nitrogens with one attached hydrogen (secondary N) is 1. The van der Waals surface area contributed by atoms with Crippen molar-refractivity contribution in [2.24, 2.45) is 23.5 Å². The second kappa shape index (κ2) is 15.1. The molecule has 1 aromatic heterocycles. The highest BCUT2D eigenvalue weighted by atomic mass is 32.1. The van der Waals surface area contributed by atoms with Gasteiger partial charge in [0.2, 0.25) is 0 Å². The maximum absolute atomic E-state index is 13.9. The fourth-order valence-electron chi connectivity index (χ4n) is 4.84. The Morgan fingerprint density at radius 2 is 1.79 bits per heavy atom. The van der Waals surface area contributed by atoms with E-state index in [-0.39, 0.29) is 41.3 Å². The van der Waals surface area contributed by atoms with Crippen LogP contribution in [0.1, 0.15) is 62.1 Å². The molecule has 0 amide bonds. The van der Waals surface area contributed by atoms with Gasteiger partial charge in [-0.1, -0.05) is 58.0 Å². The standard InChI is InChI=1S/C32H39F3N6OS/c1-21(2)13-27(29(42)14-26-17-38-20-40(26)18-24-11-9-23(15-36)10-12-24)30(37)41(31(43)39-16-22(3)4)19-25-7-5-6-8-28(25)32(33,34)35/h5-12,17,20-22,27,30H,13-14,16,18-19,37H2,1-4H3,(H,39,43)/t27-,30?/m1/s1. The van der Waals surface area contributed by atoms with E-state index in [9.17, 15) is 18.0 Å². The number of halogens is 3. The van der Waals surface area contributed by atoms with Gasteiger partial charge in [0.05, 0.1) is 35.6 Å². The summed E-state index contributed by atoms with van der Waals surface area (Å²) >= 11 is 5.66. The van der Waals surface area contributed by atoms with Gasteiger partial charge in [-0.3, -0.25) is 4.79 Å². The van der Waals surface area contributed by atoms with Crippen LogP contribution in [0.25, 0.3) is 0 Å². The molecule has 0 aliphatic carbocycles. The van der Waals surface area contributed by atoms with Crippen LogP contribution in [-0.2, 0) is 30.5 Å². The smallest absolute Gasteiger partial charge is 0.362 e. The molecule has 43 heavy (non-hydrogen) atoms. The number of Topliss-reactive ketones (excluding diaryl/α,β-unsaturated/α-hetero) is 1. The largest absolute Gasteiger partial charge is 0.416 e. The van der Waals surface area contributed by atoms with Gasteiger partial charge in [-0.15, -0.1) is 0 Å². The number of ketones is 1. The maximum Gasteiger partial charge on any atom is 0.416 e. The van der Waals surface area contributed by atoms with Gasteiger partial charge >= 0.3 is 6.18 Å². The van der Waals surface area contributed by atoms with E-state index >= 15 is 0 Å². The molecule has 0 bridgehead atoms. The van der Waals surface area contributed by atoms with Crippen LogP contribution >= 0.6 is 12.2 Å². The third-order valence-corrected chi connectivity index (χ3v) is 7.47. The van der Waals surface area contributed by atoms with Crippen LogP contribution in [0.15, 0.2) is 61.1 Å². The Morgan fingerprint density at radius 3 is 2.40 bits per heavy atom. The number of alkyl halides is 3. The van der Waals surface area contributed by atoms with Crippen molar-refractivity contribution in [3.63, 3.8) is 0 Å². The topological polar surface area (TPSA) is 100.0 Å². The first-order valence-electron chi connectivity index (χ1n) is 14.3. The SMILES string of the molecule is CC(C)CNC(=S)N(Cc1ccccc1C(F)(F)F)C(N)[C@H](CC(C)C)C(=O)Cc1cncn1Cc1ccc(C#N)cc1. The molecule has 1 unspecified atom stereocenters. The van der Waals surface area contributed by atoms with Crippen LogP contribution < -0.4 is 11.1 Å². The Balaban J connectivity index is 1.90. The molecule has 2 aromatic carbocycles. The lowest BCUT2D eigenvalue weighted by atomic mass is 9.88. The molecular formula is C32H39F3N6OS. The lowest BCUT2D eigenvalue weighted by molar-refractivity contribution is -0.138. The Hall–Kier alpha value is -3.75. The number of benzene rings is 2. The molecule has 0 aliphatic heterocycles. The van der Waals surface area contributed by atoms with Gasteiger partial charge in [0, 0.05) is 37.9 Å². The molecule has 0 fully saturated rings. The third kappa shape index (κ3) is 9.63. The molecule has 0 radical (unpaired) electrons. The van der Waals surface area contributed by atoms with Crippen molar-refractivity contribution in [2.45, 2.75) is 66.0 Å². The molecule has 230 valence electrons. The second-order valence-corrected chi connectivity index (χ2v) is 11.9. The Labute approximate surface area is 256 Å². The fourth-order valence-corrected chi connectivity index (χ4v) is 5.11. The molecule has 0 saturated carbocycles. The number of carbonyl (C=O) groups excluding carboxylic acids is 1. The van der Waals surface area contributed by atoms with E-state index in [0.29, 0.717) is 30.8 Å². The molecule has 11 heteroatoms. The zero-order valence-electron chi connectivity index (χ0n) is 24.9. The quantitative estimate of drug-likeness (QED) is 0.183. The van der Waals surface area contributed by atoms with Gasteiger partial charge in [0.1, 0.15) is 5.78 Å². The van der Waals surface area contributed by atoms with E-state index in [1.165, 1.54) is 17.0 Å².